The molecule has 0 spiro atoms. The van der Waals surface area contributed by atoms with Gasteiger partial charge in [0.05, 0.1) is 11.7 Å². The van der Waals surface area contributed by atoms with Gasteiger partial charge in [0.2, 0.25) is 0 Å². The minimum absolute atomic E-state index is 1.12. The molecule has 0 saturated heterocycles. The van der Waals surface area contributed by atoms with Crippen LogP contribution in [0, 0.1) is 6.92 Å². The number of rotatable bonds is 0. The fraction of sp³-hybridized carbons (Fsp3) is 0.143. The molecular formula is C7H7N3. The van der Waals surface area contributed by atoms with Crippen molar-refractivity contribution in [3.05, 3.63) is 30.4 Å². The van der Waals surface area contributed by atoms with Crippen molar-refractivity contribution in [2.75, 3.05) is 0 Å². The first-order valence-corrected chi connectivity index (χ1v) is 3.12. The molecular weight excluding hydrogens is 126 g/mol. The highest BCUT2D eigenvalue weighted by molar-refractivity contribution is 5.51. The van der Waals surface area contributed by atoms with E-state index in [-0.39, 0.29) is 0 Å². The van der Waals surface area contributed by atoms with E-state index in [4.69, 9.17) is 0 Å². The highest BCUT2D eigenvalue weighted by Gasteiger charge is 1.94. The van der Waals surface area contributed by atoms with Gasteiger partial charge < -0.3 is 0 Å². The number of nitrogens with zero attached hydrogens (tertiary/aromatic N) is 3. The lowest BCUT2D eigenvalue weighted by Crippen LogP contribution is -1.89. The smallest absolute Gasteiger partial charge is 0.117 e. The average molecular weight is 133 g/mol. The van der Waals surface area contributed by atoms with Crippen LogP contribution in [-0.2, 0) is 0 Å². The molecule has 50 valence electrons. The summed E-state index contributed by atoms with van der Waals surface area (Å²) < 4.78 is 1.76. The maximum Gasteiger partial charge on any atom is 0.117 e. The second-order valence-corrected chi connectivity index (χ2v) is 2.24. The van der Waals surface area contributed by atoms with Crippen LogP contribution in [0.25, 0.3) is 5.52 Å². The highest BCUT2D eigenvalue weighted by atomic mass is 15.2. The van der Waals surface area contributed by atoms with Gasteiger partial charge in [-0.05, 0) is 18.6 Å². The van der Waals surface area contributed by atoms with Gasteiger partial charge in [0.15, 0.2) is 0 Å². The molecule has 2 heterocycles. The van der Waals surface area contributed by atoms with Crippen molar-refractivity contribution in [2.45, 2.75) is 6.92 Å². The summed E-state index contributed by atoms with van der Waals surface area (Å²) in [5.41, 5.74) is 2.27. The molecule has 0 unspecified atom stereocenters. The van der Waals surface area contributed by atoms with E-state index in [9.17, 15) is 0 Å². The van der Waals surface area contributed by atoms with Gasteiger partial charge in [-0.2, -0.15) is 5.10 Å². The van der Waals surface area contributed by atoms with E-state index in [0.717, 1.165) is 11.1 Å². The molecule has 0 aliphatic heterocycles. The summed E-state index contributed by atoms with van der Waals surface area (Å²) in [7, 11) is 0. The lowest BCUT2D eigenvalue weighted by Gasteiger charge is -1.93. The molecule has 0 bridgehead atoms. The van der Waals surface area contributed by atoms with Crippen molar-refractivity contribution in [1.29, 1.82) is 0 Å². The zero-order valence-electron chi connectivity index (χ0n) is 5.65. The average Bonchev–Trinajstić information content (AvgIpc) is 2.36. The fourth-order valence-corrected chi connectivity index (χ4v) is 0.993. The summed E-state index contributed by atoms with van der Waals surface area (Å²) >= 11 is 0. The van der Waals surface area contributed by atoms with Crippen LogP contribution in [0.2, 0.25) is 0 Å². The van der Waals surface area contributed by atoms with Gasteiger partial charge in [-0.3, -0.25) is 0 Å². The van der Waals surface area contributed by atoms with E-state index in [2.05, 4.69) is 10.1 Å². The summed E-state index contributed by atoms with van der Waals surface area (Å²) in [4.78, 5) is 3.99. The second kappa shape index (κ2) is 1.80. The normalized spacial score (nSPS) is 10.5. The standard InChI is InChI=1S/C7H7N3/c1-6-4-8-5-10-7(6)2-3-9-10/h2-5H,1H3. The third kappa shape index (κ3) is 0.603. The van der Waals surface area contributed by atoms with Gasteiger partial charge in [-0.15, -0.1) is 0 Å². The summed E-state index contributed by atoms with van der Waals surface area (Å²) in [5.74, 6) is 0. The van der Waals surface area contributed by atoms with Crippen LogP contribution in [0.15, 0.2) is 24.8 Å². The molecule has 0 saturated carbocycles. The van der Waals surface area contributed by atoms with E-state index < -0.39 is 0 Å². The predicted octanol–water partition coefficient (Wildman–Crippen LogP) is 1.04. The maximum absolute atomic E-state index is 4.03. The number of hydrogen-bond donors (Lipinski definition) is 0. The molecule has 0 amide bonds. The Kier molecular flexibility index (Phi) is 0.974. The van der Waals surface area contributed by atoms with Crippen molar-refractivity contribution in [1.82, 2.24) is 14.6 Å². The fourth-order valence-electron chi connectivity index (χ4n) is 0.993. The Morgan fingerprint density at radius 1 is 1.50 bits per heavy atom. The van der Waals surface area contributed by atoms with Gasteiger partial charge in [-0.25, -0.2) is 9.50 Å². The van der Waals surface area contributed by atoms with Crippen LogP contribution in [0.1, 0.15) is 5.56 Å². The van der Waals surface area contributed by atoms with Gasteiger partial charge >= 0.3 is 0 Å². The molecule has 10 heavy (non-hydrogen) atoms. The first-order chi connectivity index (χ1) is 4.88. The van der Waals surface area contributed by atoms with Gasteiger partial charge in [0, 0.05) is 6.20 Å². The first kappa shape index (κ1) is 5.41. The number of hydrogen-bond acceptors (Lipinski definition) is 2. The second-order valence-electron chi connectivity index (χ2n) is 2.24. The van der Waals surface area contributed by atoms with E-state index in [1.165, 1.54) is 0 Å². The van der Waals surface area contributed by atoms with Crippen molar-refractivity contribution in [3.8, 4) is 0 Å². The first-order valence-electron chi connectivity index (χ1n) is 3.12. The van der Waals surface area contributed by atoms with Crippen molar-refractivity contribution >= 4 is 5.52 Å². The molecule has 0 radical (unpaired) electrons. The third-order valence-corrected chi connectivity index (χ3v) is 1.52. The van der Waals surface area contributed by atoms with Crippen molar-refractivity contribution in [3.63, 3.8) is 0 Å². The van der Waals surface area contributed by atoms with Crippen molar-refractivity contribution in [2.24, 2.45) is 0 Å². The monoisotopic (exact) mass is 133 g/mol. The molecule has 0 fully saturated rings. The SMILES string of the molecule is Cc1cncn2nccc12. The Labute approximate surface area is 58.3 Å². The summed E-state index contributed by atoms with van der Waals surface area (Å²) in [5, 5.41) is 4.03. The Morgan fingerprint density at radius 2 is 2.40 bits per heavy atom. The topological polar surface area (TPSA) is 30.2 Å². The summed E-state index contributed by atoms with van der Waals surface area (Å²) in [6.07, 6.45) is 5.30. The van der Waals surface area contributed by atoms with Crippen LogP contribution < -0.4 is 0 Å². The lowest BCUT2D eigenvalue weighted by atomic mass is 10.3. The molecule has 2 aromatic heterocycles. The number of aryl methyl sites for hydroxylation is 1. The number of fused-ring (bicyclic) bond motifs is 1. The van der Waals surface area contributed by atoms with Crippen LogP contribution in [0.5, 0.6) is 0 Å². The van der Waals surface area contributed by atoms with E-state index in [1.54, 1.807) is 17.0 Å². The molecule has 3 heteroatoms. The Hall–Kier alpha value is -1.38. The quantitative estimate of drug-likeness (QED) is 0.537. The zero-order chi connectivity index (χ0) is 6.97. The van der Waals surface area contributed by atoms with Crippen molar-refractivity contribution < 1.29 is 0 Å². The highest BCUT2D eigenvalue weighted by Crippen LogP contribution is 2.04. The maximum atomic E-state index is 4.03. The molecule has 0 N–H and O–H groups in total. The lowest BCUT2D eigenvalue weighted by molar-refractivity contribution is 0.914. The number of aromatic nitrogens is 3. The van der Waals surface area contributed by atoms with E-state index in [1.807, 2.05) is 19.2 Å². The Balaban J connectivity index is 2.95. The van der Waals surface area contributed by atoms with Gasteiger partial charge in [0.1, 0.15) is 6.33 Å². The van der Waals surface area contributed by atoms with Gasteiger partial charge in [-0.1, -0.05) is 0 Å². The Bertz CT molecular complexity index is 350. The van der Waals surface area contributed by atoms with Crippen LogP contribution in [0.3, 0.4) is 0 Å². The van der Waals surface area contributed by atoms with E-state index in [0.29, 0.717) is 0 Å². The third-order valence-electron chi connectivity index (χ3n) is 1.52. The Morgan fingerprint density at radius 3 is 3.20 bits per heavy atom. The molecule has 0 atom stereocenters. The summed E-state index contributed by atoms with van der Waals surface area (Å²) in [6, 6.07) is 1.97. The molecule has 2 aromatic rings. The molecule has 0 aliphatic rings. The largest absolute Gasteiger partial charge is 0.244 e. The molecule has 0 aromatic carbocycles. The minimum Gasteiger partial charge on any atom is -0.244 e. The van der Waals surface area contributed by atoms with E-state index >= 15 is 0 Å². The molecule has 3 nitrogen and oxygen atoms in total. The minimum atomic E-state index is 1.12. The predicted molar refractivity (Wildman–Crippen MR) is 37.7 cm³/mol. The molecule has 2 rings (SSSR count). The zero-order valence-corrected chi connectivity index (χ0v) is 5.65. The summed E-state index contributed by atoms with van der Waals surface area (Å²) in [6.45, 7) is 2.02. The van der Waals surface area contributed by atoms with Crippen LogP contribution >= 0.6 is 0 Å². The van der Waals surface area contributed by atoms with Crippen LogP contribution in [0.4, 0.5) is 0 Å². The van der Waals surface area contributed by atoms with Crippen LogP contribution in [-0.4, -0.2) is 14.6 Å². The molecule has 0 aliphatic carbocycles. The van der Waals surface area contributed by atoms with Gasteiger partial charge in [0.25, 0.3) is 0 Å².